The Morgan fingerprint density at radius 3 is 1.51 bits per heavy atom. The van der Waals surface area contributed by atoms with Crippen molar-refractivity contribution < 1.29 is 0 Å². The van der Waals surface area contributed by atoms with Crippen LogP contribution in [-0.4, -0.2) is 49.0 Å². The molecule has 0 radical (unpaired) electrons. The second kappa shape index (κ2) is 21.8. The first-order valence-electron chi connectivity index (χ1n) is 29.9. The van der Waals surface area contributed by atoms with Gasteiger partial charge in [-0.15, -0.1) is 0 Å². The Bertz CT molecular complexity index is 5350. The van der Waals surface area contributed by atoms with Crippen molar-refractivity contribution >= 4 is 86.8 Å². The molecule has 0 atom stereocenters. The summed E-state index contributed by atoms with van der Waals surface area (Å²) in [5.41, 5.74) is 16.4. The molecule has 0 saturated carbocycles. The molecular formula is C80H50N10. The summed E-state index contributed by atoms with van der Waals surface area (Å²) in [6.07, 6.45) is 14.9. The molecule has 90 heavy (non-hydrogen) atoms. The standard InChI is InChI=1S/2C40H25N5/c1-2-9-30-26(8-1)15-16-27-22-28(17-18-31(27)30)36-23-29(24-37(43-36)35-11-5-6-20-42-35)34-12-7-14-40(44-34)45-38-13-4-3-10-32(38)33-25-41-21-19-39(33)45;1-2-7-33-26(6-1)11-12-28-20-29(13-14-34(28)33)38-23-30(22-37(44-38)27-15-18-41-19-16-27)31-21-32(25-42-24-31)45-39-10-4-3-8-35(39)36-9-5-17-43-40(36)45/h2*1-25H. The topological polar surface area (TPSA) is 113 Å². The highest BCUT2D eigenvalue weighted by atomic mass is 15.1. The minimum absolute atomic E-state index is 0.803. The van der Waals surface area contributed by atoms with Gasteiger partial charge < -0.3 is 0 Å². The number of aromatic nitrogens is 10. The van der Waals surface area contributed by atoms with Gasteiger partial charge in [0.05, 0.1) is 62.6 Å². The molecule has 10 heteroatoms. The summed E-state index contributed by atoms with van der Waals surface area (Å²) in [7, 11) is 0. The summed E-state index contributed by atoms with van der Waals surface area (Å²) in [6, 6.07) is 88.9. The van der Waals surface area contributed by atoms with Gasteiger partial charge in [0, 0.05) is 92.7 Å². The number of hydrogen-bond acceptors (Lipinski definition) is 8. The second-order valence-electron chi connectivity index (χ2n) is 22.4. The zero-order valence-electron chi connectivity index (χ0n) is 48.3. The molecule has 10 nitrogen and oxygen atoms in total. The van der Waals surface area contributed by atoms with Gasteiger partial charge in [0.15, 0.2) is 0 Å². The lowest BCUT2D eigenvalue weighted by Crippen LogP contribution is -1.99. The molecular weight excluding hydrogens is 1100 g/mol. The molecule has 0 aliphatic rings. The Kier molecular flexibility index (Phi) is 12.6. The molecule has 0 saturated heterocycles. The maximum Gasteiger partial charge on any atom is 0.145 e. The third kappa shape index (κ3) is 9.22. The molecule has 8 aromatic carbocycles. The quantitative estimate of drug-likeness (QED) is 0.138. The smallest absolute Gasteiger partial charge is 0.145 e. The summed E-state index contributed by atoms with van der Waals surface area (Å²) >= 11 is 0. The maximum absolute atomic E-state index is 5.23. The van der Waals surface area contributed by atoms with Crippen molar-refractivity contribution in [2.24, 2.45) is 0 Å². The predicted molar refractivity (Wildman–Crippen MR) is 367 cm³/mol. The third-order valence-electron chi connectivity index (χ3n) is 17.1. The molecule has 0 aliphatic heterocycles. The van der Waals surface area contributed by atoms with E-state index in [1.807, 2.05) is 79.8 Å². The van der Waals surface area contributed by atoms with Crippen LogP contribution in [0.5, 0.6) is 0 Å². The van der Waals surface area contributed by atoms with Gasteiger partial charge in [0.2, 0.25) is 0 Å². The van der Waals surface area contributed by atoms with Crippen LogP contribution in [0.4, 0.5) is 0 Å². The van der Waals surface area contributed by atoms with Gasteiger partial charge in [0.25, 0.3) is 0 Å². The van der Waals surface area contributed by atoms with Crippen LogP contribution in [0.3, 0.4) is 0 Å². The van der Waals surface area contributed by atoms with E-state index in [4.69, 9.17) is 24.9 Å². The van der Waals surface area contributed by atoms with E-state index in [1.54, 1.807) is 6.20 Å². The van der Waals surface area contributed by atoms with Crippen LogP contribution in [0.25, 0.3) is 166 Å². The highest BCUT2D eigenvalue weighted by Gasteiger charge is 2.19. The average molecular weight is 1150 g/mol. The van der Waals surface area contributed by atoms with Crippen LogP contribution < -0.4 is 0 Å². The predicted octanol–water partition coefficient (Wildman–Crippen LogP) is 19.3. The van der Waals surface area contributed by atoms with Crippen LogP contribution >= 0.6 is 0 Å². The molecule has 0 bridgehead atoms. The Morgan fingerprint density at radius 2 is 0.789 bits per heavy atom. The van der Waals surface area contributed by atoms with Crippen LogP contribution in [0.15, 0.2) is 304 Å². The lowest BCUT2D eigenvalue weighted by atomic mass is 9.97. The van der Waals surface area contributed by atoms with Crippen molar-refractivity contribution in [2.75, 3.05) is 0 Å². The largest absolute Gasteiger partial charge is 0.294 e. The summed E-state index contributed by atoms with van der Waals surface area (Å²) in [4.78, 5) is 38.3. The first-order chi connectivity index (χ1) is 44.6. The first-order valence-corrected chi connectivity index (χ1v) is 29.9. The molecule has 0 aliphatic carbocycles. The number of nitrogens with zero attached hydrogens (tertiary/aromatic N) is 10. The van der Waals surface area contributed by atoms with Gasteiger partial charge >= 0.3 is 0 Å². The minimum Gasteiger partial charge on any atom is -0.294 e. The van der Waals surface area contributed by atoms with E-state index in [-0.39, 0.29) is 0 Å². The fourth-order valence-electron chi connectivity index (χ4n) is 12.9. The normalized spacial score (nSPS) is 11.6. The fraction of sp³-hybridized carbons (Fsp3) is 0. The van der Waals surface area contributed by atoms with Gasteiger partial charge in [-0.05, 0) is 158 Å². The van der Waals surface area contributed by atoms with Crippen LogP contribution in [0.2, 0.25) is 0 Å². The van der Waals surface area contributed by atoms with E-state index in [1.165, 1.54) is 48.5 Å². The Labute approximate surface area is 516 Å². The van der Waals surface area contributed by atoms with Gasteiger partial charge in [-0.3, -0.25) is 29.1 Å². The molecule has 18 rings (SSSR count). The Morgan fingerprint density at radius 1 is 0.233 bits per heavy atom. The SMILES string of the molecule is c1ccc(-c2cc(-c3cccc(-n4c5ccccc5c5cnccc54)n3)cc(-c3ccc4c(ccc5ccccc54)c3)n2)nc1.c1ccc2c(c1)ccc1cc(-c3cc(-c4cncc(-n5c6ccccc6c6cccnc65)c4)cc(-c4ccncc4)n3)ccc12. The highest BCUT2D eigenvalue weighted by molar-refractivity contribution is 6.11. The molecule has 420 valence electrons. The van der Waals surface area contributed by atoms with Gasteiger partial charge in [-0.25, -0.2) is 19.9 Å². The molecule has 0 unspecified atom stereocenters. The lowest BCUT2D eigenvalue weighted by molar-refractivity contribution is 1.08. The lowest BCUT2D eigenvalue weighted by Gasteiger charge is -2.13. The van der Waals surface area contributed by atoms with Crippen molar-refractivity contribution in [3.05, 3.63) is 304 Å². The molecule has 10 aromatic heterocycles. The molecule has 10 heterocycles. The van der Waals surface area contributed by atoms with Crippen LogP contribution in [0.1, 0.15) is 0 Å². The van der Waals surface area contributed by atoms with Crippen molar-refractivity contribution in [1.29, 1.82) is 0 Å². The zero-order valence-corrected chi connectivity index (χ0v) is 48.3. The zero-order chi connectivity index (χ0) is 59.5. The molecule has 0 N–H and O–H groups in total. The summed E-state index contributed by atoms with van der Waals surface area (Å²) in [6.45, 7) is 0. The summed E-state index contributed by atoms with van der Waals surface area (Å²) < 4.78 is 4.41. The number of benzene rings is 8. The third-order valence-corrected chi connectivity index (χ3v) is 17.1. The van der Waals surface area contributed by atoms with Gasteiger partial charge in [0.1, 0.15) is 11.5 Å². The van der Waals surface area contributed by atoms with Crippen molar-refractivity contribution in [3.63, 3.8) is 0 Å². The van der Waals surface area contributed by atoms with E-state index >= 15 is 0 Å². The number of pyridine rings is 8. The van der Waals surface area contributed by atoms with Crippen molar-refractivity contribution in [1.82, 2.24) is 49.0 Å². The van der Waals surface area contributed by atoms with Gasteiger partial charge in [-0.1, -0.05) is 146 Å². The van der Waals surface area contributed by atoms with E-state index in [0.717, 1.165) is 117 Å². The van der Waals surface area contributed by atoms with Crippen molar-refractivity contribution in [3.8, 4) is 79.0 Å². The Balaban J connectivity index is 0.000000139. The van der Waals surface area contributed by atoms with Crippen LogP contribution in [0, 0.1) is 0 Å². The molecule has 18 aromatic rings. The summed E-state index contributed by atoms with van der Waals surface area (Å²) in [5, 5.41) is 14.4. The number of rotatable bonds is 8. The van der Waals surface area contributed by atoms with E-state index in [2.05, 4.69) is 242 Å². The molecule has 0 fully saturated rings. The van der Waals surface area contributed by atoms with E-state index < -0.39 is 0 Å². The van der Waals surface area contributed by atoms with Crippen molar-refractivity contribution in [2.45, 2.75) is 0 Å². The first kappa shape index (κ1) is 52.0. The van der Waals surface area contributed by atoms with E-state index in [0.29, 0.717) is 0 Å². The monoisotopic (exact) mass is 1150 g/mol. The molecule has 0 spiro atoms. The van der Waals surface area contributed by atoms with Gasteiger partial charge in [-0.2, -0.15) is 0 Å². The van der Waals surface area contributed by atoms with E-state index in [9.17, 15) is 0 Å². The maximum atomic E-state index is 5.23. The number of para-hydroxylation sites is 2. The average Bonchev–Trinajstić information content (AvgIpc) is 1.74. The second-order valence-corrected chi connectivity index (χ2v) is 22.4. The molecule has 0 amide bonds. The van der Waals surface area contributed by atoms with Crippen LogP contribution in [-0.2, 0) is 0 Å². The number of fused-ring (bicyclic) bond motifs is 12. The fourth-order valence-corrected chi connectivity index (χ4v) is 12.9. The minimum atomic E-state index is 0.803. The Hall–Kier alpha value is -12.4. The highest BCUT2D eigenvalue weighted by Crippen LogP contribution is 2.38. The number of hydrogen-bond donors (Lipinski definition) is 0. The summed E-state index contributed by atoms with van der Waals surface area (Å²) in [5.74, 6) is 0.847.